The Hall–Kier alpha value is -1.29. The summed E-state index contributed by atoms with van der Waals surface area (Å²) in [6.45, 7) is 7.57. The second-order valence-electron chi connectivity index (χ2n) is 5.09. The summed E-state index contributed by atoms with van der Waals surface area (Å²) in [6, 6.07) is 4.29. The number of nitrogens with zero attached hydrogens (tertiary/aromatic N) is 1. The number of piperidine rings is 1. The number of carbonyl (C=O) groups is 1. The number of furan rings is 1. The maximum atomic E-state index is 11.1. The molecule has 0 radical (unpaired) electrons. The molecule has 1 saturated heterocycles. The van der Waals surface area contributed by atoms with Crippen LogP contribution in [0.3, 0.4) is 0 Å². The van der Waals surface area contributed by atoms with E-state index < -0.39 is 0 Å². The summed E-state index contributed by atoms with van der Waals surface area (Å²) in [5.74, 6) is 1.15. The second kappa shape index (κ2) is 5.57. The number of ether oxygens (including phenoxy) is 1. The number of hydrogen-bond acceptors (Lipinski definition) is 4. The lowest BCUT2D eigenvalue weighted by Crippen LogP contribution is -2.49. The van der Waals surface area contributed by atoms with Gasteiger partial charge in [0, 0.05) is 25.4 Å². The first kappa shape index (κ1) is 13.1. The van der Waals surface area contributed by atoms with Gasteiger partial charge in [-0.05, 0) is 25.5 Å². The van der Waals surface area contributed by atoms with Gasteiger partial charge in [0.05, 0.1) is 12.8 Å². The van der Waals surface area contributed by atoms with Gasteiger partial charge < -0.3 is 9.15 Å². The van der Waals surface area contributed by atoms with E-state index >= 15 is 0 Å². The third-order valence-corrected chi connectivity index (χ3v) is 3.88. The summed E-state index contributed by atoms with van der Waals surface area (Å²) >= 11 is 0. The largest absolute Gasteiger partial charge is 0.468 e. The molecule has 3 unspecified atom stereocenters. The van der Waals surface area contributed by atoms with Crippen LogP contribution in [0.15, 0.2) is 22.8 Å². The molecule has 0 spiro atoms. The van der Waals surface area contributed by atoms with Crippen LogP contribution in [0.2, 0.25) is 0 Å². The van der Waals surface area contributed by atoms with Crippen LogP contribution < -0.4 is 0 Å². The normalized spacial score (nSPS) is 29.2. The van der Waals surface area contributed by atoms with Gasteiger partial charge in [0.25, 0.3) is 0 Å². The van der Waals surface area contributed by atoms with E-state index in [-0.39, 0.29) is 12.1 Å². The quantitative estimate of drug-likeness (QED) is 0.774. The Labute approximate surface area is 108 Å². The van der Waals surface area contributed by atoms with Gasteiger partial charge in [0.2, 0.25) is 0 Å². The van der Waals surface area contributed by atoms with Crippen LogP contribution in [-0.2, 0) is 16.1 Å². The van der Waals surface area contributed by atoms with Crippen molar-refractivity contribution in [3.05, 3.63) is 24.2 Å². The zero-order valence-electron chi connectivity index (χ0n) is 11.3. The SMILES string of the molecule is CC(=O)OC1CCN(Cc2ccco2)C(C)C1C. The van der Waals surface area contributed by atoms with E-state index in [9.17, 15) is 4.79 Å². The van der Waals surface area contributed by atoms with Gasteiger partial charge in [0.15, 0.2) is 0 Å². The first-order chi connectivity index (χ1) is 8.58. The molecule has 0 aromatic carbocycles. The lowest BCUT2D eigenvalue weighted by atomic mass is 9.89. The molecule has 0 N–H and O–H groups in total. The van der Waals surface area contributed by atoms with E-state index in [2.05, 4.69) is 18.7 Å². The fourth-order valence-corrected chi connectivity index (χ4v) is 2.61. The summed E-state index contributed by atoms with van der Waals surface area (Å²) in [5.41, 5.74) is 0. The van der Waals surface area contributed by atoms with Crippen molar-refractivity contribution in [3.8, 4) is 0 Å². The monoisotopic (exact) mass is 251 g/mol. The van der Waals surface area contributed by atoms with E-state index in [1.54, 1.807) is 6.26 Å². The number of esters is 1. The van der Waals surface area contributed by atoms with Gasteiger partial charge in [-0.25, -0.2) is 0 Å². The Balaban J connectivity index is 1.95. The summed E-state index contributed by atoms with van der Waals surface area (Å²) in [4.78, 5) is 13.4. The average molecular weight is 251 g/mol. The van der Waals surface area contributed by atoms with Crippen molar-refractivity contribution in [1.29, 1.82) is 0 Å². The molecular formula is C14H21NO3. The maximum absolute atomic E-state index is 11.1. The lowest BCUT2D eigenvalue weighted by Gasteiger charge is -2.41. The molecule has 4 nitrogen and oxygen atoms in total. The minimum absolute atomic E-state index is 0.0466. The van der Waals surface area contributed by atoms with E-state index in [1.165, 1.54) is 6.92 Å². The van der Waals surface area contributed by atoms with Crippen molar-refractivity contribution in [3.63, 3.8) is 0 Å². The zero-order chi connectivity index (χ0) is 13.1. The van der Waals surface area contributed by atoms with Crippen molar-refractivity contribution in [2.75, 3.05) is 6.54 Å². The van der Waals surface area contributed by atoms with Gasteiger partial charge >= 0.3 is 5.97 Å². The molecule has 0 amide bonds. The van der Waals surface area contributed by atoms with Crippen LogP contribution >= 0.6 is 0 Å². The van der Waals surface area contributed by atoms with Crippen molar-refractivity contribution in [1.82, 2.24) is 4.90 Å². The fourth-order valence-electron chi connectivity index (χ4n) is 2.61. The predicted octanol–water partition coefficient (Wildman–Crippen LogP) is 2.44. The standard InChI is InChI=1S/C14H21NO3/c1-10-11(2)15(9-13-5-4-8-17-13)7-6-14(10)18-12(3)16/h4-5,8,10-11,14H,6-7,9H2,1-3H3. The first-order valence-electron chi connectivity index (χ1n) is 6.51. The molecule has 1 aliphatic heterocycles. The van der Waals surface area contributed by atoms with Gasteiger partial charge in [0.1, 0.15) is 11.9 Å². The highest BCUT2D eigenvalue weighted by Crippen LogP contribution is 2.27. The highest BCUT2D eigenvalue weighted by molar-refractivity contribution is 5.66. The number of rotatable bonds is 3. The minimum atomic E-state index is -0.182. The van der Waals surface area contributed by atoms with E-state index in [0.29, 0.717) is 12.0 Å². The molecule has 0 bridgehead atoms. The molecule has 2 rings (SSSR count). The second-order valence-corrected chi connectivity index (χ2v) is 5.09. The fraction of sp³-hybridized carbons (Fsp3) is 0.643. The van der Waals surface area contributed by atoms with Gasteiger partial charge in [-0.3, -0.25) is 9.69 Å². The average Bonchev–Trinajstić information content (AvgIpc) is 2.81. The van der Waals surface area contributed by atoms with Crippen molar-refractivity contribution < 1.29 is 13.9 Å². The van der Waals surface area contributed by atoms with Crippen LogP contribution in [0, 0.1) is 5.92 Å². The van der Waals surface area contributed by atoms with E-state index in [4.69, 9.17) is 9.15 Å². The number of hydrogen-bond donors (Lipinski definition) is 0. The third-order valence-electron chi connectivity index (χ3n) is 3.88. The number of likely N-dealkylation sites (tertiary alicyclic amines) is 1. The maximum Gasteiger partial charge on any atom is 0.302 e. The van der Waals surface area contributed by atoms with Crippen LogP contribution in [0.5, 0.6) is 0 Å². The van der Waals surface area contributed by atoms with Crippen molar-refractivity contribution >= 4 is 5.97 Å². The summed E-state index contributed by atoms with van der Waals surface area (Å²) in [5, 5.41) is 0. The van der Waals surface area contributed by atoms with Crippen LogP contribution in [0.4, 0.5) is 0 Å². The lowest BCUT2D eigenvalue weighted by molar-refractivity contribution is -0.153. The molecule has 1 aromatic rings. The molecule has 100 valence electrons. The molecule has 3 atom stereocenters. The third kappa shape index (κ3) is 2.93. The highest BCUT2D eigenvalue weighted by Gasteiger charge is 2.34. The van der Waals surface area contributed by atoms with Crippen molar-refractivity contribution in [2.24, 2.45) is 5.92 Å². The van der Waals surface area contributed by atoms with Crippen LogP contribution in [0.1, 0.15) is 33.0 Å². The molecule has 18 heavy (non-hydrogen) atoms. The highest BCUT2D eigenvalue weighted by atomic mass is 16.5. The summed E-state index contributed by atoms with van der Waals surface area (Å²) < 4.78 is 10.8. The van der Waals surface area contributed by atoms with Gasteiger partial charge in [-0.15, -0.1) is 0 Å². The van der Waals surface area contributed by atoms with E-state index in [0.717, 1.165) is 25.3 Å². The predicted molar refractivity (Wildman–Crippen MR) is 67.9 cm³/mol. The smallest absolute Gasteiger partial charge is 0.302 e. The van der Waals surface area contributed by atoms with Crippen molar-refractivity contribution in [2.45, 2.75) is 45.9 Å². The molecule has 4 heteroatoms. The van der Waals surface area contributed by atoms with Gasteiger partial charge in [-0.1, -0.05) is 6.92 Å². The molecule has 1 aliphatic rings. The number of carbonyl (C=O) groups excluding carboxylic acids is 1. The Kier molecular flexibility index (Phi) is 4.07. The Bertz CT molecular complexity index is 388. The molecule has 1 fully saturated rings. The molecule has 1 aromatic heterocycles. The topological polar surface area (TPSA) is 42.7 Å². The molecular weight excluding hydrogens is 230 g/mol. The Morgan fingerprint density at radius 3 is 2.94 bits per heavy atom. The molecule has 2 heterocycles. The van der Waals surface area contributed by atoms with E-state index in [1.807, 2.05) is 12.1 Å². The first-order valence-corrected chi connectivity index (χ1v) is 6.51. The van der Waals surface area contributed by atoms with Crippen LogP contribution in [0.25, 0.3) is 0 Å². The molecule has 0 saturated carbocycles. The Morgan fingerprint density at radius 2 is 2.33 bits per heavy atom. The molecule has 0 aliphatic carbocycles. The summed E-state index contributed by atoms with van der Waals surface area (Å²) in [7, 11) is 0. The zero-order valence-corrected chi connectivity index (χ0v) is 11.3. The van der Waals surface area contributed by atoms with Crippen LogP contribution in [-0.4, -0.2) is 29.6 Å². The summed E-state index contributed by atoms with van der Waals surface area (Å²) in [6.07, 6.45) is 2.64. The Morgan fingerprint density at radius 1 is 1.56 bits per heavy atom. The minimum Gasteiger partial charge on any atom is -0.468 e. The van der Waals surface area contributed by atoms with Gasteiger partial charge in [-0.2, -0.15) is 0 Å².